The van der Waals surface area contributed by atoms with Crippen LogP contribution in [0.25, 0.3) is 10.9 Å². The van der Waals surface area contributed by atoms with Crippen LogP contribution in [0.4, 0.5) is 0 Å². The lowest BCUT2D eigenvalue weighted by Crippen LogP contribution is -2.15. The molecule has 3 rings (SSSR count). The van der Waals surface area contributed by atoms with E-state index in [0.717, 1.165) is 20.9 Å². The number of Topliss-reactive ketones (excluding diaryl/α,β-unsaturated/α-hetero) is 1. The number of carbonyl (C=O) groups excluding carboxylic acids is 1. The second-order valence-electron chi connectivity index (χ2n) is 4.82. The Hall–Kier alpha value is -1.09. The average molecular weight is 292 g/mol. The first-order chi connectivity index (χ1) is 8.24. The summed E-state index contributed by atoms with van der Waals surface area (Å²) in [5.41, 5.74) is 1.87. The Labute approximate surface area is 109 Å². The molecule has 0 atom stereocenters. The van der Waals surface area contributed by atoms with Crippen LogP contribution in [-0.4, -0.2) is 10.8 Å². The second kappa shape index (κ2) is 4.30. The smallest absolute Gasteiger partial charge is 0.165 e. The molecule has 1 N–H and O–H groups in total. The van der Waals surface area contributed by atoms with Crippen LogP contribution in [0.3, 0.4) is 0 Å². The van der Waals surface area contributed by atoms with Gasteiger partial charge in [-0.15, -0.1) is 0 Å². The highest BCUT2D eigenvalue weighted by Gasteiger charge is 2.22. The van der Waals surface area contributed by atoms with E-state index in [-0.39, 0.29) is 5.78 Å². The molecule has 1 aliphatic rings. The van der Waals surface area contributed by atoms with Crippen molar-refractivity contribution in [3.63, 3.8) is 0 Å². The van der Waals surface area contributed by atoms with Crippen LogP contribution in [0.1, 0.15) is 36.0 Å². The maximum Gasteiger partial charge on any atom is 0.165 e. The van der Waals surface area contributed by atoms with Gasteiger partial charge in [0.2, 0.25) is 0 Å². The van der Waals surface area contributed by atoms with E-state index in [9.17, 15) is 4.79 Å². The van der Waals surface area contributed by atoms with Crippen molar-refractivity contribution >= 4 is 32.6 Å². The highest BCUT2D eigenvalue weighted by molar-refractivity contribution is 9.10. The fraction of sp³-hybridized carbons (Fsp3) is 0.357. The van der Waals surface area contributed by atoms with Crippen molar-refractivity contribution in [2.45, 2.75) is 25.7 Å². The Morgan fingerprint density at radius 3 is 2.94 bits per heavy atom. The molecule has 3 heteroatoms. The van der Waals surface area contributed by atoms with Gasteiger partial charge in [0.1, 0.15) is 0 Å². The lowest BCUT2D eigenvalue weighted by atomic mass is 9.81. The molecule has 2 nitrogen and oxygen atoms in total. The summed E-state index contributed by atoms with van der Waals surface area (Å²) in [6.45, 7) is 0. The van der Waals surface area contributed by atoms with Crippen LogP contribution in [0, 0.1) is 5.92 Å². The minimum atomic E-state index is 0.281. The molecule has 0 aliphatic heterocycles. The normalized spacial score (nSPS) is 16.1. The zero-order valence-electron chi connectivity index (χ0n) is 9.50. The van der Waals surface area contributed by atoms with Gasteiger partial charge in [-0.3, -0.25) is 4.79 Å². The number of hydrogen-bond acceptors (Lipinski definition) is 1. The highest BCUT2D eigenvalue weighted by Crippen LogP contribution is 2.32. The van der Waals surface area contributed by atoms with E-state index in [1.807, 2.05) is 24.4 Å². The number of halogens is 1. The van der Waals surface area contributed by atoms with Crippen LogP contribution in [0.2, 0.25) is 0 Å². The monoisotopic (exact) mass is 291 g/mol. The van der Waals surface area contributed by atoms with Crippen LogP contribution >= 0.6 is 15.9 Å². The van der Waals surface area contributed by atoms with Gasteiger partial charge in [0.15, 0.2) is 5.78 Å². The van der Waals surface area contributed by atoms with Gasteiger partial charge < -0.3 is 4.98 Å². The van der Waals surface area contributed by atoms with Gasteiger partial charge in [-0.1, -0.05) is 41.3 Å². The SMILES string of the molecule is O=C(CC1CCC1)c1c[nH]c2cc(Br)ccc12. The molecule has 2 aromatic rings. The van der Waals surface area contributed by atoms with Gasteiger partial charge in [-0.2, -0.15) is 0 Å². The highest BCUT2D eigenvalue weighted by atomic mass is 79.9. The van der Waals surface area contributed by atoms with Crippen LogP contribution in [-0.2, 0) is 0 Å². The van der Waals surface area contributed by atoms with E-state index < -0.39 is 0 Å². The third-order valence-corrected chi connectivity index (χ3v) is 4.14. The Balaban J connectivity index is 1.91. The number of benzene rings is 1. The standard InChI is InChI=1S/C14H14BrNO/c15-10-4-5-11-12(8-16-13(11)7-10)14(17)6-9-2-1-3-9/h4-5,7-9,16H,1-3,6H2. The van der Waals surface area contributed by atoms with E-state index in [2.05, 4.69) is 20.9 Å². The summed E-state index contributed by atoms with van der Waals surface area (Å²) in [4.78, 5) is 15.3. The lowest BCUT2D eigenvalue weighted by Gasteiger charge is -2.24. The molecule has 0 amide bonds. The third kappa shape index (κ3) is 2.04. The molecule has 0 unspecified atom stereocenters. The molecule has 1 aromatic heterocycles. The molecule has 1 heterocycles. The first kappa shape index (κ1) is 11.0. The zero-order chi connectivity index (χ0) is 11.8. The molecular weight excluding hydrogens is 278 g/mol. The molecular formula is C14H14BrNO. The van der Waals surface area contributed by atoms with Gasteiger partial charge in [0.25, 0.3) is 0 Å². The molecule has 0 saturated heterocycles. The summed E-state index contributed by atoms with van der Waals surface area (Å²) in [6.07, 6.45) is 6.29. The van der Waals surface area contributed by atoms with Crippen molar-refractivity contribution in [1.29, 1.82) is 0 Å². The van der Waals surface area contributed by atoms with Crippen molar-refractivity contribution in [2.24, 2.45) is 5.92 Å². The van der Waals surface area contributed by atoms with Crippen molar-refractivity contribution < 1.29 is 4.79 Å². The predicted molar refractivity (Wildman–Crippen MR) is 72.3 cm³/mol. The summed E-state index contributed by atoms with van der Waals surface area (Å²) in [7, 11) is 0. The molecule has 88 valence electrons. The van der Waals surface area contributed by atoms with Crippen LogP contribution in [0.15, 0.2) is 28.9 Å². The fourth-order valence-electron chi connectivity index (χ4n) is 2.40. The molecule has 0 radical (unpaired) electrons. The minimum absolute atomic E-state index is 0.281. The van der Waals surface area contributed by atoms with Gasteiger partial charge in [-0.05, 0) is 18.1 Å². The number of fused-ring (bicyclic) bond motifs is 1. The van der Waals surface area contributed by atoms with Crippen LogP contribution in [0.5, 0.6) is 0 Å². The Morgan fingerprint density at radius 2 is 2.24 bits per heavy atom. The lowest BCUT2D eigenvalue weighted by molar-refractivity contribution is 0.0938. The molecule has 17 heavy (non-hydrogen) atoms. The predicted octanol–water partition coefficient (Wildman–Crippen LogP) is 4.30. The van der Waals surface area contributed by atoms with Crippen molar-refractivity contribution in [3.8, 4) is 0 Å². The summed E-state index contributed by atoms with van der Waals surface area (Å²) < 4.78 is 1.03. The molecule has 1 aliphatic carbocycles. The first-order valence-corrected chi connectivity index (χ1v) is 6.83. The number of aromatic nitrogens is 1. The Kier molecular flexibility index (Phi) is 2.79. The fourth-order valence-corrected chi connectivity index (χ4v) is 2.76. The Bertz CT molecular complexity index is 569. The minimum Gasteiger partial charge on any atom is -0.360 e. The van der Waals surface area contributed by atoms with E-state index in [4.69, 9.17) is 0 Å². The van der Waals surface area contributed by atoms with Gasteiger partial charge in [0, 0.05) is 33.6 Å². The van der Waals surface area contributed by atoms with Gasteiger partial charge >= 0.3 is 0 Å². The number of aromatic amines is 1. The average Bonchev–Trinajstić information content (AvgIpc) is 2.66. The molecule has 0 bridgehead atoms. The van der Waals surface area contributed by atoms with E-state index in [0.29, 0.717) is 12.3 Å². The number of ketones is 1. The molecule has 0 spiro atoms. The summed E-state index contributed by atoms with van der Waals surface area (Å²) in [5.74, 6) is 0.908. The quantitative estimate of drug-likeness (QED) is 0.840. The summed E-state index contributed by atoms with van der Waals surface area (Å²) in [5, 5.41) is 1.04. The number of nitrogens with one attached hydrogen (secondary N) is 1. The number of carbonyl (C=O) groups is 1. The second-order valence-corrected chi connectivity index (χ2v) is 5.73. The Morgan fingerprint density at radius 1 is 1.41 bits per heavy atom. The number of H-pyrrole nitrogens is 1. The van der Waals surface area contributed by atoms with E-state index >= 15 is 0 Å². The number of hydrogen-bond donors (Lipinski definition) is 1. The van der Waals surface area contributed by atoms with Gasteiger partial charge in [0.05, 0.1) is 0 Å². The summed E-state index contributed by atoms with van der Waals surface area (Å²) in [6, 6.07) is 6.00. The maximum absolute atomic E-state index is 12.2. The van der Waals surface area contributed by atoms with E-state index in [1.54, 1.807) is 0 Å². The number of rotatable bonds is 3. The first-order valence-electron chi connectivity index (χ1n) is 6.04. The molecule has 1 aromatic carbocycles. The van der Waals surface area contributed by atoms with Crippen molar-refractivity contribution in [1.82, 2.24) is 4.98 Å². The van der Waals surface area contributed by atoms with Crippen molar-refractivity contribution in [3.05, 3.63) is 34.4 Å². The maximum atomic E-state index is 12.2. The topological polar surface area (TPSA) is 32.9 Å². The largest absolute Gasteiger partial charge is 0.360 e. The van der Waals surface area contributed by atoms with Crippen LogP contribution < -0.4 is 0 Å². The third-order valence-electron chi connectivity index (χ3n) is 3.64. The molecule has 1 saturated carbocycles. The zero-order valence-corrected chi connectivity index (χ0v) is 11.1. The van der Waals surface area contributed by atoms with Gasteiger partial charge in [-0.25, -0.2) is 0 Å². The molecule has 1 fully saturated rings. The van der Waals surface area contributed by atoms with Crippen molar-refractivity contribution in [2.75, 3.05) is 0 Å². The summed E-state index contributed by atoms with van der Waals surface area (Å²) >= 11 is 3.43. The van der Waals surface area contributed by atoms with E-state index in [1.165, 1.54) is 19.3 Å².